The van der Waals surface area contributed by atoms with Gasteiger partial charge in [-0.3, -0.25) is 14.9 Å². The number of rotatable bonds is 3. The first-order valence-electron chi connectivity index (χ1n) is 6.25. The molecule has 3 rings (SSSR count). The Labute approximate surface area is 106 Å². The van der Waals surface area contributed by atoms with Crippen molar-refractivity contribution in [2.45, 2.75) is 32.4 Å². The minimum absolute atomic E-state index is 0.357. The summed E-state index contributed by atoms with van der Waals surface area (Å²) < 4.78 is 5.11. The molecule has 1 aliphatic heterocycles. The molecule has 5 heteroatoms. The van der Waals surface area contributed by atoms with Crippen LogP contribution in [0.3, 0.4) is 0 Å². The molecule has 0 amide bonds. The van der Waals surface area contributed by atoms with Crippen molar-refractivity contribution >= 4 is 0 Å². The van der Waals surface area contributed by atoms with Gasteiger partial charge >= 0.3 is 0 Å². The van der Waals surface area contributed by atoms with Gasteiger partial charge in [-0.25, -0.2) is 0 Å². The van der Waals surface area contributed by atoms with E-state index in [0.717, 1.165) is 36.7 Å². The largest absolute Gasteiger partial charge is 0.361 e. The Morgan fingerprint density at radius 3 is 3.11 bits per heavy atom. The fraction of sp³-hybridized carbons (Fsp3) is 0.462. The van der Waals surface area contributed by atoms with Crippen LogP contribution in [-0.4, -0.2) is 26.6 Å². The van der Waals surface area contributed by atoms with Crippen LogP contribution in [0.25, 0.3) is 0 Å². The third-order valence-electron chi connectivity index (χ3n) is 3.33. The molecular weight excluding hydrogens is 228 g/mol. The van der Waals surface area contributed by atoms with Gasteiger partial charge in [0.1, 0.15) is 5.76 Å². The molecule has 2 aromatic heterocycles. The number of hydrogen-bond acceptors (Lipinski definition) is 5. The van der Waals surface area contributed by atoms with E-state index >= 15 is 0 Å². The van der Waals surface area contributed by atoms with Crippen LogP contribution in [0.5, 0.6) is 0 Å². The van der Waals surface area contributed by atoms with Crippen molar-refractivity contribution in [3.05, 3.63) is 41.8 Å². The SMILES string of the molecule is Cc1cc(CN2CCCC2c2cnccn2)no1. The molecule has 1 unspecified atom stereocenters. The van der Waals surface area contributed by atoms with Crippen LogP contribution in [0.4, 0.5) is 0 Å². The Balaban J connectivity index is 1.75. The van der Waals surface area contributed by atoms with Gasteiger partial charge in [-0.2, -0.15) is 0 Å². The highest BCUT2D eigenvalue weighted by molar-refractivity contribution is 5.08. The van der Waals surface area contributed by atoms with Gasteiger partial charge in [-0.05, 0) is 26.3 Å². The molecule has 18 heavy (non-hydrogen) atoms. The molecule has 1 aliphatic rings. The molecule has 0 N–H and O–H groups in total. The highest BCUT2D eigenvalue weighted by Crippen LogP contribution is 2.31. The summed E-state index contributed by atoms with van der Waals surface area (Å²) in [5.74, 6) is 0.861. The Kier molecular flexibility index (Phi) is 3.06. The van der Waals surface area contributed by atoms with Crippen LogP contribution in [0.1, 0.15) is 36.0 Å². The maximum absolute atomic E-state index is 5.11. The molecule has 94 valence electrons. The fourth-order valence-electron chi connectivity index (χ4n) is 2.53. The van der Waals surface area contributed by atoms with E-state index in [9.17, 15) is 0 Å². The van der Waals surface area contributed by atoms with Gasteiger partial charge < -0.3 is 4.52 Å². The summed E-state index contributed by atoms with van der Waals surface area (Å²) in [7, 11) is 0. The molecule has 1 atom stereocenters. The molecular formula is C13H16N4O. The standard InChI is InChI=1S/C13H16N4O/c1-10-7-11(16-18-10)9-17-6-2-3-13(17)12-8-14-4-5-15-12/h4-5,7-8,13H,2-3,6,9H2,1H3. The quantitative estimate of drug-likeness (QED) is 0.827. The van der Waals surface area contributed by atoms with Crippen LogP contribution in [-0.2, 0) is 6.54 Å². The number of aryl methyl sites for hydroxylation is 1. The molecule has 0 bridgehead atoms. The summed E-state index contributed by atoms with van der Waals surface area (Å²) in [6.07, 6.45) is 7.65. The van der Waals surface area contributed by atoms with Gasteiger partial charge in [0.25, 0.3) is 0 Å². The predicted octanol–water partition coefficient (Wildman–Crippen LogP) is 2.11. The minimum atomic E-state index is 0.357. The molecule has 0 radical (unpaired) electrons. The van der Waals surface area contributed by atoms with Crippen molar-refractivity contribution in [2.75, 3.05) is 6.54 Å². The van der Waals surface area contributed by atoms with Gasteiger partial charge in [0.05, 0.1) is 17.4 Å². The number of nitrogens with zero attached hydrogens (tertiary/aromatic N) is 4. The second-order valence-corrected chi connectivity index (χ2v) is 4.69. The molecule has 0 aromatic carbocycles. The van der Waals surface area contributed by atoms with Crippen molar-refractivity contribution < 1.29 is 4.52 Å². The van der Waals surface area contributed by atoms with Crippen molar-refractivity contribution in [3.63, 3.8) is 0 Å². The number of hydrogen-bond donors (Lipinski definition) is 0. The monoisotopic (exact) mass is 244 g/mol. The summed E-state index contributed by atoms with van der Waals surface area (Å²) in [6.45, 7) is 3.81. The smallest absolute Gasteiger partial charge is 0.133 e. The van der Waals surface area contributed by atoms with Gasteiger partial charge in [-0.1, -0.05) is 5.16 Å². The highest BCUT2D eigenvalue weighted by Gasteiger charge is 2.27. The number of aromatic nitrogens is 3. The number of likely N-dealkylation sites (tertiary alicyclic amines) is 1. The maximum Gasteiger partial charge on any atom is 0.133 e. The lowest BCUT2D eigenvalue weighted by Crippen LogP contribution is -2.23. The van der Waals surface area contributed by atoms with Gasteiger partial charge in [0, 0.05) is 31.2 Å². The zero-order valence-corrected chi connectivity index (χ0v) is 10.4. The lowest BCUT2D eigenvalue weighted by Gasteiger charge is -2.22. The van der Waals surface area contributed by atoms with Gasteiger partial charge in [0.15, 0.2) is 0 Å². The Bertz CT molecular complexity index is 511. The van der Waals surface area contributed by atoms with Crippen molar-refractivity contribution in [1.29, 1.82) is 0 Å². The first-order chi connectivity index (χ1) is 8.83. The van der Waals surface area contributed by atoms with E-state index in [2.05, 4.69) is 20.0 Å². The fourth-order valence-corrected chi connectivity index (χ4v) is 2.53. The molecule has 2 aromatic rings. The van der Waals surface area contributed by atoms with E-state index in [4.69, 9.17) is 4.52 Å². The second-order valence-electron chi connectivity index (χ2n) is 4.69. The summed E-state index contributed by atoms with van der Waals surface area (Å²) in [6, 6.07) is 2.35. The third kappa shape index (κ3) is 2.26. The highest BCUT2D eigenvalue weighted by atomic mass is 16.5. The van der Waals surface area contributed by atoms with Crippen molar-refractivity contribution in [3.8, 4) is 0 Å². The summed E-state index contributed by atoms with van der Waals surface area (Å²) in [5.41, 5.74) is 2.04. The van der Waals surface area contributed by atoms with Crippen LogP contribution in [0.2, 0.25) is 0 Å². The Morgan fingerprint density at radius 2 is 2.39 bits per heavy atom. The van der Waals surface area contributed by atoms with Gasteiger partial charge in [0.2, 0.25) is 0 Å². The van der Waals surface area contributed by atoms with Crippen molar-refractivity contribution in [2.24, 2.45) is 0 Å². The van der Waals surface area contributed by atoms with Crippen LogP contribution >= 0.6 is 0 Å². The molecule has 0 aliphatic carbocycles. The third-order valence-corrected chi connectivity index (χ3v) is 3.33. The van der Waals surface area contributed by atoms with E-state index in [0.29, 0.717) is 6.04 Å². The van der Waals surface area contributed by atoms with Crippen molar-refractivity contribution in [1.82, 2.24) is 20.0 Å². The molecule has 5 nitrogen and oxygen atoms in total. The van der Waals surface area contributed by atoms with E-state index in [1.165, 1.54) is 6.42 Å². The molecule has 3 heterocycles. The van der Waals surface area contributed by atoms with Crippen LogP contribution in [0, 0.1) is 6.92 Å². The Hall–Kier alpha value is -1.75. The zero-order chi connectivity index (χ0) is 12.4. The lowest BCUT2D eigenvalue weighted by atomic mass is 10.1. The predicted molar refractivity (Wildman–Crippen MR) is 65.7 cm³/mol. The lowest BCUT2D eigenvalue weighted by molar-refractivity contribution is 0.235. The van der Waals surface area contributed by atoms with Gasteiger partial charge in [-0.15, -0.1) is 0 Å². The topological polar surface area (TPSA) is 55.1 Å². The maximum atomic E-state index is 5.11. The summed E-state index contributed by atoms with van der Waals surface area (Å²) >= 11 is 0. The second kappa shape index (κ2) is 4.86. The van der Waals surface area contributed by atoms with Crippen LogP contribution < -0.4 is 0 Å². The summed E-state index contributed by atoms with van der Waals surface area (Å²) in [4.78, 5) is 11.0. The average molecular weight is 244 g/mol. The first-order valence-corrected chi connectivity index (χ1v) is 6.25. The first kappa shape index (κ1) is 11.3. The van der Waals surface area contributed by atoms with Crippen LogP contribution in [0.15, 0.2) is 29.2 Å². The molecule has 1 saturated heterocycles. The van der Waals surface area contributed by atoms with E-state index in [-0.39, 0.29) is 0 Å². The van der Waals surface area contributed by atoms with E-state index in [1.807, 2.05) is 19.2 Å². The average Bonchev–Trinajstić information content (AvgIpc) is 3.00. The minimum Gasteiger partial charge on any atom is -0.361 e. The zero-order valence-electron chi connectivity index (χ0n) is 10.4. The van der Waals surface area contributed by atoms with E-state index < -0.39 is 0 Å². The molecule has 1 fully saturated rings. The summed E-state index contributed by atoms with van der Waals surface area (Å²) in [5, 5.41) is 4.05. The molecule has 0 saturated carbocycles. The molecule has 0 spiro atoms. The normalized spacial score (nSPS) is 20.4. The van der Waals surface area contributed by atoms with E-state index in [1.54, 1.807) is 12.4 Å². The Morgan fingerprint density at radius 1 is 1.44 bits per heavy atom.